The molecule has 0 heterocycles. The van der Waals surface area contributed by atoms with Crippen LogP contribution in [0.4, 0.5) is 5.69 Å². The van der Waals surface area contributed by atoms with E-state index in [-0.39, 0.29) is 6.10 Å². The quantitative estimate of drug-likeness (QED) is 0.808. The molecule has 2 N–H and O–H groups in total. The maximum atomic E-state index is 9.38. The van der Waals surface area contributed by atoms with Crippen molar-refractivity contribution >= 4 is 17.3 Å². The predicted molar refractivity (Wildman–Crippen MR) is 83.0 cm³/mol. The summed E-state index contributed by atoms with van der Waals surface area (Å²) in [5.41, 5.74) is 2.35. The fourth-order valence-corrected chi connectivity index (χ4v) is 2.02. The minimum Gasteiger partial charge on any atom is -0.393 e. The lowest BCUT2D eigenvalue weighted by molar-refractivity contribution is 0.187. The van der Waals surface area contributed by atoms with Crippen molar-refractivity contribution in [3.05, 3.63) is 28.8 Å². The molecule has 0 saturated carbocycles. The van der Waals surface area contributed by atoms with Crippen LogP contribution >= 0.6 is 11.6 Å². The average Bonchev–Trinajstić information content (AvgIpc) is 2.34. The molecular formula is C15H25ClN2O. The number of anilines is 1. The zero-order valence-electron chi connectivity index (χ0n) is 12.3. The van der Waals surface area contributed by atoms with Gasteiger partial charge in [-0.2, -0.15) is 0 Å². The monoisotopic (exact) mass is 284 g/mol. The standard InChI is InChI=1S/C15H25ClN2O/c1-11(2)17-10-13-5-6-14(16)9-15(13)18(4)8-7-12(3)19/h5-6,9,11-12,17,19H,7-8,10H2,1-4H3. The second-order valence-corrected chi connectivity index (χ2v) is 5.80. The zero-order chi connectivity index (χ0) is 14.4. The van der Waals surface area contributed by atoms with Crippen molar-refractivity contribution in [2.24, 2.45) is 0 Å². The number of nitrogens with one attached hydrogen (secondary N) is 1. The number of aliphatic hydroxyl groups is 1. The number of hydrogen-bond acceptors (Lipinski definition) is 3. The summed E-state index contributed by atoms with van der Waals surface area (Å²) in [5.74, 6) is 0. The largest absolute Gasteiger partial charge is 0.393 e. The Balaban J connectivity index is 2.80. The number of rotatable bonds is 7. The van der Waals surface area contributed by atoms with Gasteiger partial charge in [0.1, 0.15) is 0 Å². The summed E-state index contributed by atoms with van der Waals surface area (Å²) in [7, 11) is 2.03. The molecule has 1 aromatic rings. The highest BCUT2D eigenvalue weighted by Gasteiger charge is 2.09. The third kappa shape index (κ3) is 5.81. The van der Waals surface area contributed by atoms with E-state index in [2.05, 4.69) is 30.1 Å². The molecule has 0 aromatic heterocycles. The molecule has 0 saturated heterocycles. The Morgan fingerprint density at radius 2 is 2.00 bits per heavy atom. The second kappa shape index (κ2) is 7.73. The van der Waals surface area contributed by atoms with E-state index in [9.17, 15) is 5.11 Å². The van der Waals surface area contributed by atoms with Crippen LogP contribution in [-0.2, 0) is 6.54 Å². The molecule has 0 aliphatic carbocycles. The Labute approximate surface area is 121 Å². The van der Waals surface area contributed by atoms with Crippen molar-refractivity contribution in [1.82, 2.24) is 5.32 Å². The van der Waals surface area contributed by atoms with E-state index in [4.69, 9.17) is 11.6 Å². The summed E-state index contributed by atoms with van der Waals surface area (Å²) in [4.78, 5) is 2.15. The Morgan fingerprint density at radius 3 is 2.58 bits per heavy atom. The van der Waals surface area contributed by atoms with Gasteiger partial charge in [0, 0.05) is 36.9 Å². The lowest BCUT2D eigenvalue weighted by Gasteiger charge is -2.24. The van der Waals surface area contributed by atoms with Gasteiger partial charge in [-0.05, 0) is 31.0 Å². The maximum absolute atomic E-state index is 9.38. The normalized spacial score (nSPS) is 12.8. The molecule has 19 heavy (non-hydrogen) atoms. The summed E-state index contributed by atoms with van der Waals surface area (Å²) in [6.07, 6.45) is 0.471. The van der Waals surface area contributed by atoms with Gasteiger partial charge in [0.15, 0.2) is 0 Å². The molecule has 4 heteroatoms. The molecule has 0 spiro atoms. The Hall–Kier alpha value is -0.770. The highest BCUT2D eigenvalue weighted by atomic mass is 35.5. The van der Waals surface area contributed by atoms with Crippen molar-refractivity contribution < 1.29 is 5.11 Å². The van der Waals surface area contributed by atoms with Crippen molar-refractivity contribution in [2.45, 2.75) is 45.9 Å². The molecule has 0 amide bonds. The SMILES string of the molecule is CC(O)CCN(C)c1cc(Cl)ccc1CNC(C)C. The van der Waals surface area contributed by atoms with Crippen LogP contribution in [0.1, 0.15) is 32.8 Å². The molecule has 0 aliphatic heterocycles. The molecule has 0 bridgehead atoms. The van der Waals surface area contributed by atoms with Crippen LogP contribution in [0, 0.1) is 0 Å². The molecule has 0 aliphatic rings. The van der Waals surface area contributed by atoms with Gasteiger partial charge in [-0.1, -0.05) is 31.5 Å². The topological polar surface area (TPSA) is 35.5 Å². The zero-order valence-corrected chi connectivity index (χ0v) is 13.0. The van der Waals surface area contributed by atoms with E-state index in [1.807, 2.05) is 26.1 Å². The van der Waals surface area contributed by atoms with Gasteiger partial charge in [-0.3, -0.25) is 0 Å². The summed E-state index contributed by atoms with van der Waals surface area (Å²) in [5, 5.41) is 13.5. The molecule has 108 valence electrons. The van der Waals surface area contributed by atoms with Gasteiger partial charge in [-0.25, -0.2) is 0 Å². The number of nitrogens with zero attached hydrogens (tertiary/aromatic N) is 1. The minimum atomic E-state index is -0.279. The van der Waals surface area contributed by atoms with Crippen LogP contribution in [0.2, 0.25) is 5.02 Å². The Morgan fingerprint density at radius 1 is 1.32 bits per heavy atom. The van der Waals surface area contributed by atoms with Gasteiger partial charge in [0.25, 0.3) is 0 Å². The maximum Gasteiger partial charge on any atom is 0.0528 e. The average molecular weight is 285 g/mol. The Bertz CT molecular complexity index is 394. The fraction of sp³-hybridized carbons (Fsp3) is 0.600. The van der Waals surface area contributed by atoms with Gasteiger partial charge < -0.3 is 15.3 Å². The van der Waals surface area contributed by atoms with E-state index in [0.29, 0.717) is 6.04 Å². The van der Waals surface area contributed by atoms with Crippen LogP contribution in [0.15, 0.2) is 18.2 Å². The number of halogens is 1. The van der Waals surface area contributed by atoms with E-state index in [1.165, 1.54) is 5.56 Å². The highest BCUT2D eigenvalue weighted by Crippen LogP contribution is 2.24. The number of hydrogen-bond donors (Lipinski definition) is 2. The van der Waals surface area contributed by atoms with Crippen LogP contribution in [0.25, 0.3) is 0 Å². The molecule has 3 nitrogen and oxygen atoms in total. The predicted octanol–water partition coefficient (Wildman–Crippen LogP) is 3.05. The number of aliphatic hydroxyl groups excluding tert-OH is 1. The molecule has 1 atom stereocenters. The molecule has 0 radical (unpaired) electrons. The molecule has 1 aromatic carbocycles. The van der Waals surface area contributed by atoms with Crippen molar-refractivity contribution in [3.63, 3.8) is 0 Å². The van der Waals surface area contributed by atoms with E-state index in [1.54, 1.807) is 0 Å². The highest BCUT2D eigenvalue weighted by molar-refractivity contribution is 6.30. The van der Waals surface area contributed by atoms with Gasteiger partial charge in [0.05, 0.1) is 6.10 Å². The number of benzene rings is 1. The summed E-state index contributed by atoms with van der Waals surface area (Å²) < 4.78 is 0. The van der Waals surface area contributed by atoms with Crippen LogP contribution in [0.3, 0.4) is 0 Å². The molecule has 1 unspecified atom stereocenters. The lowest BCUT2D eigenvalue weighted by atomic mass is 10.1. The van der Waals surface area contributed by atoms with Crippen molar-refractivity contribution in [3.8, 4) is 0 Å². The second-order valence-electron chi connectivity index (χ2n) is 5.37. The van der Waals surface area contributed by atoms with Crippen LogP contribution in [0.5, 0.6) is 0 Å². The molecule has 1 rings (SSSR count). The first-order valence-corrected chi connectivity index (χ1v) is 7.19. The molecular weight excluding hydrogens is 260 g/mol. The Kier molecular flexibility index (Phi) is 6.63. The summed E-state index contributed by atoms with van der Waals surface area (Å²) in [6.45, 7) is 7.71. The van der Waals surface area contributed by atoms with Crippen LogP contribution in [-0.4, -0.2) is 30.8 Å². The van der Waals surface area contributed by atoms with E-state index < -0.39 is 0 Å². The minimum absolute atomic E-state index is 0.279. The third-order valence-corrected chi connectivity index (χ3v) is 3.28. The van der Waals surface area contributed by atoms with Crippen molar-refractivity contribution in [2.75, 3.05) is 18.5 Å². The van der Waals surface area contributed by atoms with E-state index >= 15 is 0 Å². The van der Waals surface area contributed by atoms with Gasteiger partial charge >= 0.3 is 0 Å². The van der Waals surface area contributed by atoms with E-state index in [0.717, 1.165) is 30.2 Å². The fourth-order valence-electron chi connectivity index (χ4n) is 1.86. The first-order chi connectivity index (χ1) is 8.90. The lowest BCUT2D eigenvalue weighted by Crippen LogP contribution is -2.26. The van der Waals surface area contributed by atoms with Crippen molar-refractivity contribution in [1.29, 1.82) is 0 Å². The summed E-state index contributed by atoms with van der Waals surface area (Å²) in [6, 6.07) is 6.42. The first kappa shape index (κ1) is 16.3. The summed E-state index contributed by atoms with van der Waals surface area (Å²) >= 11 is 6.09. The van der Waals surface area contributed by atoms with Gasteiger partial charge in [0.2, 0.25) is 0 Å². The third-order valence-electron chi connectivity index (χ3n) is 3.04. The first-order valence-electron chi connectivity index (χ1n) is 6.81. The molecule has 0 fully saturated rings. The smallest absolute Gasteiger partial charge is 0.0528 e. The van der Waals surface area contributed by atoms with Crippen LogP contribution < -0.4 is 10.2 Å². The van der Waals surface area contributed by atoms with Gasteiger partial charge in [-0.15, -0.1) is 0 Å².